The number of benzene rings is 1. The van der Waals surface area contributed by atoms with E-state index in [1.54, 1.807) is 0 Å². The zero-order valence-corrected chi connectivity index (χ0v) is 10.3. The van der Waals surface area contributed by atoms with Gasteiger partial charge >= 0.3 is 0 Å². The van der Waals surface area contributed by atoms with Gasteiger partial charge < -0.3 is 16.0 Å². The lowest BCUT2D eigenvalue weighted by molar-refractivity contribution is 0.0937. The maximum Gasteiger partial charge on any atom is 0.253 e. The highest BCUT2D eigenvalue weighted by Crippen LogP contribution is 2.11. The van der Waals surface area contributed by atoms with E-state index in [0.29, 0.717) is 12.1 Å². The average molecular weight is 257 g/mol. The molecule has 1 aromatic heterocycles. The van der Waals surface area contributed by atoms with Crippen LogP contribution in [0.25, 0.3) is 0 Å². The normalized spacial score (nSPS) is 11.8. The van der Waals surface area contributed by atoms with Gasteiger partial charge in [0.2, 0.25) is 5.56 Å². The number of hydrogen-bond donors (Lipinski definition) is 3. The van der Waals surface area contributed by atoms with E-state index in [-0.39, 0.29) is 17.5 Å². The number of nitrogens with one attached hydrogen (secondary N) is 2. The van der Waals surface area contributed by atoms with Crippen LogP contribution in [-0.2, 0) is 0 Å². The fourth-order valence-corrected chi connectivity index (χ4v) is 1.76. The predicted molar refractivity (Wildman–Crippen MR) is 72.8 cm³/mol. The molecule has 1 amide bonds. The SMILES string of the molecule is NCC(NC(=O)c1ccc(=O)[nH]c1)c1ccccc1. The molecule has 1 aromatic carbocycles. The van der Waals surface area contributed by atoms with Crippen LogP contribution in [0, 0.1) is 0 Å². The largest absolute Gasteiger partial charge is 0.344 e. The highest BCUT2D eigenvalue weighted by atomic mass is 16.2. The van der Waals surface area contributed by atoms with Crippen molar-refractivity contribution in [3.63, 3.8) is 0 Å². The van der Waals surface area contributed by atoms with Crippen molar-refractivity contribution in [3.05, 3.63) is 70.1 Å². The third-order valence-corrected chi connectivity index (χ3v) is 2.79. The van der Waals surface area contributed by atoms with Crippen molar-refractivity contribution in [2.45, 2.75) is 6.04 Å². The van der Waals surface area contributed by atoms with Gasteiger partial charge in [-0.2, -0.15) is 0 Å². The van der Waals surface area contributed by atoms with Crippen molar-refractivity contribution < 1.29 is 4.79 Å². The minimum atomic E-state index is -0.268. The Morgan fingerprint density at radius 1 is 1.21 bits per heavy atom. The quantitative estimate of drug-likeness (QED) is 0.757. The number of aromatic amines is 1. The van der Waals surface area contributed by atoms with Gasteiger partial charge in [0.05, 0.1) is 11.6 Å². The summed E-state index contributed by atoms with van der Waals surface area (Å²) in [5.74, 6) is -0.268. The third kappa shape index (κ3) is 3.29. The summed E-state index contributed by atoms with van der Waals surface area (Å²) < 4.78 is 0. The maximum atomic E-state index is 12.0. The summed E-state index contributed by atoms with van der Waals surface area (Å²) in [4.78, 5) is 25.4. The number of carbonyl (C=O) groups excluding carboxylic acids is 1. The highest BCUT2D eigenvalue weighted by molar-refractivity contribution is 5.94. The first-order valence-corrected chi connectivity index (χ1v) is 5.95. The van der Waals surface area contributed by atoms with Gasteiger partial charge in [0, 0.05) is 18.8 Å². The number of H-pyrrole nitrogens is 1. The standard InChI is InChI=1S/C14H15N3O2/c15-8-12(10-4-2-1-3-5-10)17-14(19)11-6-7-13(18)16-9-11/h1-7,9,12H,8,15H2,(H,16,18)(H,17,19). The van der Waals surface area contributed by atoms with Gasteiger partial charge in [0.1, 0.15) is 0 Å². The van der Waals surface area contributed by atoms with E-state index in [4.69, 9.17) is 5.73 Å². The summed E-state index contributed by atoms with van der Waals surface area (Å²) in [5.41, 5.74) is 6.79. The molecule has 5 heteroatoms. The van der Waals surface area contributed by atoms with Crippen LogP contribution in [0.5, 0.6) is 0 Å². The summed E-state index contributed by atoms with van der Waals surface area (Å²) in [6, 6.07) is 12.0. The smallest absolute Gasteiger partial charge is 0.253 e. The van der Waals surface area contributed by atoms with E-state index < -0.39 is 0 Å². The van der Waals surface area contributed by atoms with Gasteiger partial charge in [-0.15, -0.1) is 0 Å². The van der Waals surface area contributed by atoms with Crippen molar-refractivity contribution in [2.75, 3.05) is 6.54 Å². The van der Waals surface area contributed by atoms with E-state index >= 15 is 0 Å². The Kier molecular flexibility index (Phi) is 4.10. The first-order chi connectivity index (χ1) is 9.20. The van der Waals surface area contributed by atoms with Crippen LogP contribution in [0.2, 0.25) is 0 Å². The molecule has 5 nitrogen and oxygen atoms in total. The van der Waals surface area contributed by atoms with Crippen LogP contribution >= 0.6 is 0 Å². The fraction of sp³-hybridized carbons (Fsp3) is 0.143. The molecule has 98 valence electrons. The third-order valence-electron chi connectivity index (χ3n) is 2.79. The number of nitrogens with two attached hydrogens (primary N) is 1. The van der Waals surface area contributed by atoms with Crippen molar-refractivity contribution in [3.8, 4) is 0 Å². The molecular formula is C14H15N3O2. The lowest BCUT2D eigenvalue weighted by Gasteiger charge is -2.17. The van der Waals surface area contributed by atoms with Crippen molar-refractivity contribution in [1.29, 1.82) is 0 Å². The Balaban J connectivity index is 2.13. The molecule has 0 aliphatic rings. The Morgan fingerprint density at radius 2 is 1.95 bits per heavy atom. The van der Waals surface area contributed by atoms with E-state index in [9.17, 15) is 9.59 Å². The molecule has 1 heterocycles. The van der Waals surface area contributed by atoms with Crippen molar-refractivity contribution in [2.24, 2.45) is 5.73 Å². The van der Waals surface area contributed by atoms with Crippen LogP contribution in [0.3, 0.4) is 0 Å². The molecule has 0 fully saturated rings. The number of rotatable bonds is 4. The lowest BCUT2D eigenvalue weighted by Crippen LogP contribution is -2.33. The first kappa shape index (κ1) is 13.0. The Bertz CT molecular complexity index is 587. The molecule has 0 aliphatic carbocycles. The second kappa shape index (κ2) is 5.97. The zero-order valence-electron chi connectivity index (χ0n) is 10.3. The van der Waals surface area contributed by atoms with E-state index in [0.717, 1.165) is 5.56 Å². The minimum absolute atomic E-state index is 0.241. The van der Waals surface area contributed by atoms with Gasteiger partial charge in [-0.25, -0.2) is 0 Å². The highest BCUT2D eigenvalue weighted by Gasteiger charge is 2.13. The van der Waals surface area contributed by atoms with Crippen LogP contribution in [0.15, 0.2) is 53.5 Å². The molecule has 0 radical (unpaired) electrons. The zero-order chi connectivity index (χ0) is 13.7. The topological polar surface area (TPSA) is 88.0 Å². The second-order valence-electron chi connectivity index (χ2n) is 4.11. The number of pyridine rings is 1. The average Bonchev–Trinajstić information content (AvgIpc) is 2.46. The number of amides is 1. The summed E-state index contributed by atoms with van der Waals surface area (Å²) in [7, 11) is 0. The fourth-order valence-electron chi connectivity index (χ4n) is 1.76. The molecule has 0 aliphatic heterocycles. The van der Waals surface area contributed by atoms with Crippen LogP contribution < -0.4 is 16.6 Å². The summed E-state index contributed by atoms with van der Waals surface area (Å²) in [6.45, 7) is 0.305. The molecule has 0 bridgehead atoms. The van der Waals surface area contributed by atoms with E-state index in [2.05, 4.69) is 10.3 Å². The maximum absolute atomic E-state index is 12.0. The molecule has 19 heavy (non-hydrogen) atoms. The molecule has 1 atom stereocenters. The molecular weight excluding hydrogens is 242 g/mol. The number of hydrogen-bond acceptors (Lipinski definition) is 3. The van der Waals surface area contributed by atoms with Gasteiger partial charge in [0.25, 0.3) is 5.91 Å². The van der Waals surface area contributed by atoms with Crippen LogP contribution in [0.4, 0.5) is 0 Å². The molecule has 1 unspecified atom stereocenters. The van der Waals surface area contributed by atoms with Crippen molar-refractivity contribution >= 4 is 5.91 Å². The summed E-state index contributed by atoms with van der Waals surface area (Å²) >= 11 is 0. The second-order valence-corrected chi connectivity index (χ2v) is 4.11. The monoisotopic (exact) mass is 257 g/mol. The van der Waals surface area contributed by atoms with Gasteiger partial charge in [-0.05, 0) is 11.6 Å². The summed E-state index contributed by atoms with van der Waals surface area (Å²) in [6.07, 6.45) is 1.39. The van der Waals surface area contributed by atoms with Gasteiger partial charge in [0.15, 0.2) is 0 Å². The van der Waals surface area contributed by atoms with E-state index in [1.165, 1.54) is 18.3 Å². The lowest BCUT2D eigenvalue weighted by atomic mass is 10.1. The first-order valence-electron chi connectivity index (χ1n) is 5.95. The Morgan fingerprint density at radius 3 is 2.53 bits per heavy atom. The summed E-state index contributed by atoms with van der Waals surface area (Å²) in [5, 5.41) is 2.83. The molecule has 0 spiro atoms. The molecule has 2 rings (SSSR count). The molecule has 0 saturated heterocycles. The molecule has 4 N–H and O–H groups in total. The Hall–Kier alpha value is -2.40. The van der Waals surface area contributed by atoms with Gasteiger partial charge in [-0.1, -0.05) is 30.3 Å². The van der Waals surface area contributed by atoms with Gasteiger partial charge in [-0.3, -0.25) is 9.59 Å². The predicted octanol–water partition coefficient (Wildman–Crippen LogP) is 0.805. The van der Waals surface area contributed by atoms with Crippen molar-refractivity contribution in [1.82, 2.24) is 10.3 Å². The van der Waals surface area contributed by atoms with Crippen LogP contribution in [0.1, 0.15) is 22.0 Å². The number of aromatic nitrogens is 1. The molecule has 2 aromatic rings. The van der Waals surface area contributed by atoms with E-state index in [1.807, 2.05) is 30.3 Å². The minimum Gasteiger partial charge on any atom is -0.344 e. The Labute approximate surface area is 110 Å². The molecule has 0 saturated carbocycles. The number of carbonyl (C=O) groups is 1. The van der Waals surface area contributed by atoms with Crippen LogP contribution in [-0.4, -0.2) is 17.4 Å².